The molecule has 2 N–H and O–H groups in total. The van der Waals surface area contributed by atoms with Crippen LogP contribution >= 0.6 is 0 Å². The Bertz CT molecular complexity index is 347. The second kappa shape index (κ2) is 9.46. The van der Waals surface area contributed by atoms with Gasteiger partial charge in [0.25, 0.3) is 0 Å². The fourth-order valence-corrected chi connectivity index (χ4v) is 0.893. The van der Waals surface area contributed by atoms with Crippen LogP contribution in [0, 0.1) is 5.92 Å². The van der Waals surface area contributed by atoms with Crippen molar-refractivity contribution in [2.45, 2.75) is 27.7 Å². The lowest BCUT2D eigenvalue weighted by atomic mass is 10.2. The first kappa shape index (κ1) is 15.2. The van der Waals surface area contributed by atoms with Crippen LogP contribution in [0.5, 0.6) is 0 Å². The van der Waals surface area contributed by atoms with Gasteiger partial charge in [0.2, 0.25) is 5.88 Å². The highest BCUT2D eigenvalue weighted by atomic mass is 16.3. The van der Waals surface area contributed by atoms with Crippen LogP contribution in [0.25, 0.3) is 0 Å². The first-order chi connectivity index (χ1) is 8.06. The predicted molar refractivity (Wildman–Crippen MR) is 74.9 cm³/mol. The summed E-state index contributed by atoms with van der Waals surface area (Å²) in [7, 11) is 0. The minimum Gasteiger partial charge on any atom is -0.493 e. The van der Waals surface area contributed by atoms with Gasteiger partial charge in [0.05, 0.1) is 0 Å². The van der Waals surface area contributed by atoms with Crippen molar-refractivity contribution >= 4 is 6.21 Å². The summed E-state index contributed by atoms with van der Waals surface area (Å²) in [6.07, 6.45) is 12.5. The molecule has 0 aliphatic rings. The van der Waals surface area contributed by atoms with Gasteiger partial charge in [0.1, 0.15) is 0 Å². The average molecular weight is 234 g/mol. The van der Waals surface area contributed by atoms with E-state index in [1.807, 2.05) is 52.1 Å². The Morgan fingerprint density at radius 2 is 1.94 bits per heavy atom. The van der Waals surface area contributed by atoms with E-state index in [2.05, 4.69) is 10.3 Å². The van der Waals surface area contributed by atoms with E-state index in [0.29, 0.717) is 5.92 Å². The van der Waals surface area contributed by atoms with E-state index in [1.165, 1.54) is 0 Å². The normalized spacial score (nSPS) is 14.6. The van der Waals surface area contributed by atoms with E-state index in [4.69, 9.17) is 0 Å². The smallest absolute Gasteiger partial charge is 0.206 e. The maximum absolute atomic E-state index is 9.32. The van der Waals surface area contributed by atoms with Crippen molar-refractivity contribution in [2.24, 2.45) is 10.9 Å². The number of aliphatic imine (C=N–C) groups is 1. The van der Waals surface area contributed by atoms with E-state index >= 15 is 0 Å². The molecule has 0 radical (unpaired) electrons. The minimum absolute atomic E-state index is 0.0523. The molecule has 17 heavy (non-hydrogen) atoms. The number of aliphatic hydroxyl groups is 1. The van der Waals surface area contributed by atoms with Crippen LogP contribution in [0.1, 0.15) is 27.7 Å². The molecule has 3 heteroatoms. The zero-order valence-corrected chi connectivity index (χ0v) is 11.0. The molecule has 0 aliphatic carbocycles. The summed E-state index contributed by atoms with van der Waals surface area (Å²) in [4.78, 5) is 3.85. The van der Waals surface area contributed by atoms with Crippen LogP contribution in [-0.4, -0.2) is 11.3 Å². The fourth-order valence-electron chi connectivity index (χ4n) is 0.893. The van der Waals surface area contributed by atoms with Gasteiger partial charge in [-0.3, -0.25) is 0 Å². The number of allylic oxidation sites excluding steroid dienone is 6. The summed E-state index contributed by atoms with van der Waals surface area (Å²) in [5, 5.41) is 12.4. The average Bonchev–Trinajstić information content (AvgIpc) is 2.26. The monoisotopic (exact) mass is 234 g/mol. The molecule has 0 atom stereocenters. The van der Waals surface area contributed by atoms with Crippen molar-refractivity contribution in [2.75, 3.05) is 0 Å². The van der Waals surface area contributed by atoms with Crippen molar-refractivity contribution in [3.05, 3.63) is 48.2 Å². The molecule has 0 rings (SSSR count). The molecule has 0 amide bonds. The zero-order chi connectivity index (χ0) is 13.1. The Morgan fingerprint density at radius 1 is 1.24 bits per heavy atom. The number of nitrogens with one attached hydrogen (secondary N) is 1. The molecule has 0 saturated heterocycles. The van der Waals surface area contributed by atoms with E-state index in [0.717, 1.165) is 5.70 Å². The van der Waals surface area contributed by atoms with Crippen LogP contribution in [0.3, 0.4) is 0 Å². The summed E-state index contributed by atoms with van der Waals surface area (Å²) in [6, 6.07) is 0. The lowest BCUT2D eigenvalue weighted by Crippen LogP contribution is -1.99. The molecule has 94 valence electrons. The molecule has 0 spiro atoms. The van der Waals surface area contributed by atoms with Crippen molar-refractivity contribution in [3.63, 3.8) is 0 Å². The Hall–Kier alpha value is -1.77. The van der Waals surface area contributed by atoms with Gasteiger partial charge in [-0.05, 0) is 38.0 Å². The number of hydrogen-bond acceptors (Lipinski definition) is 3. The van der Waals surface area contributed by atoms with Gasteiger partial charge in [0, 0.05) is 18.1 Å². The lowest BCUT2D eigenvalue weighted by Gasteiger charge is -1.95. The molecule has 0 fully saturated rings. The van der Waals surface area contributed by atoms with Crippen molar-refractivity contribution < 1.29 is 5.11 Å². The van der Waals surface area contributed by atoms with Gasteiger partial charge in [-0.15, -0.1) is 0 Å². The minimum atomic E-state index is 0.0523. The highest BCUT2D eigenvalue weighted by molar-refractivity contribution is 5.72. The van der Waals surface area contributed by atoms with Gasteiger partial charge in [0.15, 0.2) is 0 Å². The molecule has 0 heterocycles. The number of rotatable bonds is 6. The lowest BCUT2D eigenvalue weighted by molar-refractivity contribution is 0.401. The van der Waals surface area contributed by atoms with Crippen LogP contribution in [0.4, 0.5) is 0 Å². The molecule has 0 bridgehead atoms. The number of nitrogens with zero attached hydrogens (tertiary/aromatic N) is 1. The molecule has 0 aromatic rings. The molecular formula is C14H22N2O. The molecular weight excluding hydrogens is 212 g/mol. The number of hydrogen-bond donors (Lipinski definition) is 2. The Kier molecular flexibility index (Phi) is 8.47. The van der Waals surface area contributed by atoms with E-state index in [-0.39, 0.29) is 5.88 Å². The number of aliphatic hydroxyl groups excluding tert-OH is 1. The third-order valence-corrected chi connectivity index (χ3v) is 1.84. The summed E-state index contributed by atoms with van der Waals surface area (Å²) in [5.74, 6) is 0.348. The largest absolute Gasteiger partial charge is 0.493 e. The summed E-state index contributed by atoms with van der Waals surface area (Å²) < 4.78 is 0. The van der Waals surface area contributed by atoms with Crippen molar-refractivity contribution in [1.29, 1.82) is 0 Å². The quantitative estimate of drug-likeness (QED) is 0.418. The topological polar surface area (TPSA) is 44.6 Å². The SMILES string of the molecule is CC=C(C)NC=CC=CC=NC(O)=CC(C)C. The van der Waals surface area contributed by atoms with Gasteiger partial charge >= 0.3 is 0 Å². The van der Waals surface area contributed by atoms with E-state index in [9.17, 15) is 5.11 Å². The predicted octanol–water partition coefficient (Wildman–Crippen LogP) is 3.70. The van der Waals surface area contributed by atoms with Crippen LogP contribution in [-0.2, 0) is 0 Å². The molecule has 0 aromatic heterocycles. The zero-order valence-electron chi connectivity index (χ0n) is 11.0. The van der Waals surface area contributed by atoms with Crippen LogP contribution in [0.15, 0.2) is 53.2 Å². The highest BCUT2D eigenvalue weighted by Crippen LogP contribution is 1.99. The van der Waals surface area contributed by atoms with Gasteiger partial charge in [-0.1, -0.05) is 26.0 Å². The second-order valence-electron chi connectivity index (χ2n) is 3.91. The molecule has 0 aromatic carbocycles. The first-order valence-electron chi connectivity index (χ1n) is 5.72. The maximum Gasteiger partial charge on any atom is 0.206 e. The fraction of sp³-hybridized carbons (Fsp3) is 0.357. The molecule has 0 unspecified atom stereocenters. The Morgan fingerprint density at radius 3 is 2.53 bits per heavy atom. The highest BCUT2D eigenvalue weighted by Gasteiger charge is 1.89. The maximum atomic E-state index is 9.32. The molecule has 3 nitrogen and oxygen atoms in total. The van der Waals surface area contributed by atoms with Crippen molar-refractivity contribution in [1.82, 2.24) is 5.32 Å². The van der Waals surface area contributed by atoms with Gasteiger partial charge in [-0.2, -0.15) is 0 Å². The summed E-state index contributed by atoms with van der Waals surface area (Å²) in [5.41, 5.74) is 1.10. The van der Waals surface area contributed by atoms with Gasteiger partial charge < -0.3 is 10.4 Å². The van der Waals surface area contributed by atoms with Crippen LogP contribution in [0.2, 0.25) is 0 Å². The Labute approximate surface area is 104 Å². The third kappa shape index (κ3) is 10.5. The third-order valence-electron chi connectivity index (χ3n) is 1.84. The second-order valence-corrected chi connectivity index (χ2v) is 3.91. The van der Waals surface area contributed by atoms with E-state index in [1.54, 1.807) is 18.4 Å². The van der Waals surface area contributed by atoms with Gasteiger partial charge in [-0.25, -0.2) is 4.99 Å². The summed E-state index contributed by atoms with van der Waals surface area (Å²) >= 11 is 0. The van der Waals surface area contributed by atoms with E-state index < -0.39 is 0 Å². The van der Waals surface area contributed by atoms with Crippen LogP contribution < -0.4 is 5.32 Å². The first-order valence-corrected chi connectivity index (χ1v) is 5.72. The standard InChI is InChI=1S/C14H22N2O/c1-5-13(4)15-9-7-6-8-10-16-14(17)11-12(2)3/h5-12,15,17H,1-4H3. The Balaban J connectivity index is 4.00. The molecule has 0 aliphatic heterocycles. The van der Waals surface area contributed by atoms with Crippen molar-refractivity contribution in [3.8, 4) is 0 Å². The molecule has 0 saturated carbocycles. The summed E-state index contributed by atoms with van der Waals surface area (Å²) in [6.45, 7) is 7.94.